The van der Waals surface area contributed by atoms with Crippen molar-refractivity contribution in [1.82, 2.24) is 9.97 Å². The molecule has 3 aromatic rings. The Morgan fingerprint density at radius 1 is 1.26 bits per heavy atom. The maximum Gasteiger partial charge on any atom is 0.0897 e. The highest BCUT2D eigenvalue weighted by molar-refractivity contribution is 7.09. The summed E-state index contributed by atoms with van der Waals surface area (Å²) in [4.78, 5) is 8.71. The first-order chi connectivity index (χ1) is 9.24. The maximum absolute atomic E-state index is 10.4. The first-order valence-corrected chi connectivity index (χ1v) is 7.05. The van der Waals surface area contributed by atoms with E-state index in [0.29, 0.717) is 6.42 Å². The molecule has 0 saturated heterocycles. The Balaban J connectivity index is 1.95. The fourth-order valence-electron chi connectivity index (χ4n) is 2.23. The smallest absolute Gasteiger partial charge is 0.0897 e. The van der Waals surface area contributed by atoms with Gasteiger partial charge in [-0.2, -0.15) is 0 Å². The van der Waals surface area contributed by atoms with Crippen LogP contribution in [0.15, 0.2) is 41.9 Å². The van der Waals surface area contributed by atoms with Crippen LogP contribution in [0.4, 0.5) is 0 Å². The van der Waals surface area contributed by atoms with Gasteiger partial charge in [-0.1, -0.05) is 18.2 Å². The Morgan fingerprint density at radius 2 is 2.16 bits per heavy atom. The summed E-state index contributed by atoms with van der Waals surface area (Å²) >= 11 is 1.61. The van der Waals surface area contributed by atoms with Crippen molar-refractivity contribution in [3.05, 3.63) is 58.2 Å². The van der Waals surface area contributed by atoms with E-state index in [4.69, 9.17) is 0 Å². The first-order valence-electron chi connectivity index (χ1n) is 6.17. The second kappa shape index (κ2) is 5.07. The molecule has 96 valence electrons. The summed E-state index contributed by atoms with van der Waals surface area (Å²) < 4.78 is 0. The molecule has 0 amide bonds. The number of aromatic nitrogens is 2. The van der Waals surface area contributed by atoms with Gasteiger partial charge in [0.05, 0.1) is 22.3 Å². The molecule has 2 heterocycles. The molecular formula is C15H14N2OS. The minimum Gasteiger partial charge on any atom is -0.388 e. The van der Waals surface area contributed by atoms with Gasteiger partial charge >= 0.3 is 0 Å². The fourth-order valence-corrected chi connectivity index (χ4v) is 2.85. The van der Waals surface area contributed by atoms with Gasteiger partial charge in [0.1, 0.15) is 0 Å². The van der Waals surface area contributed by atoms with Gasteiger partial charge < -0.3 is 5.11 Å². The van der Waals surface area contributed by atoms with Crippen molar-refractivity contribution >= 4 is 22.2 Å². The monoisotopic (exact) mass is 270 g/mol. The molecule has 0 spiro atoms. The second-order valence-corrected chi connectivity index (χ2v) is 5.56. The summed E-state index contributed by atoms with van der Waals surface area (Å²) in [7, 11) is 0. The molecule has 0 radical (unpaired) electrons. The van der Waals surface area contributed by atoms with Gasteiger partial charge in [-0.25, -0.2) is 4.98 Å². The summed E-state index contributed by atoms with van der Waals surface area (Å²) in [5, 5.41) is 14.5. The SMILES string of the molecule is Cc1nc(CC(O)c2cccc3ncccc23)cs1. The van der Waals surface area contributed by atoms with Gasteiger partial charge in [-0.05, 0) is 24.6 Å². The lowest BCUT2D eigenvalue weighted by atomic mass is 10.0. The van der Waals surface area contributed by atoms with Crippen molar-refractivity contribution < 1.29 is 5.11 Å². The van der Waals surface area contributed by atoms with Crippen LogP contribution in [0.5, 0.6) is 0 Å². The van der Waals surface area contributed by atoms with E-state index in [-0.39, 0.29) is 0 Å². The van der Waals surface area contributed by atoms with Gasteiger partial charge in [0.15, 0.2) is 0 Å². The number of thiazole rings is 1. The van der Waals surface area contributed by atoms with Crippen molar-refractivity contribution in [3.63, 3.8) is 0 Å². The largest absolute Gasteiger partial charge is 0.388 e. The number of aliphatic hydroxyl groups excluding tert-OH is 1. The molecule has 0 aliphatic carbocycles. The topological polar surface area (TPSA) is 46.0 Å². The lowest BCUT2D eigenvalue weighted by Gasteiger charge is -2.12. The van der Waals surface area contributed by atoms with E-state index in [9.17, 15) is 5.11 Å². The summed E-state index contributed by atoms with van der Waals surface area (Å²) in [5.41, 5.74) is 2.76. The van der Waals surface area contributed by atoms with Crippen molar-refractivity contribution in [3.8, 4) is 0 Å². The molecule has 4 heteroatoms. The van der Waals surface area contributed by atoms with Crippen LogP contribution in [0.2, 0.25) is 0 Å². The molecule has 19 heavy (non-hydrogen) atoms. The van der Waals surface area contributed by atoms with E-state index in [0.717, 1.165) is 27.2 Å². The van der Waals surface area contributed by atoms with Crippen molar-refractivity contribution in [2.45, 2.75) is 19.4 Å². The first kappa shape index (κ1) is 12.3. The number of rotatable bonds is 3. The third-order valence-corrected chi connectivity index (χ3v) is 3.93. The predicted octanol–water partition coefficient (Wildman–Crippen LogP) is 3.28. The maximum atomic E-state index is 10.4. The Hall–Kier alpha value is -1.78. The second-order valence-electron chi connectivity index (χ2n) is 4.50. The highest BCUT2D eigenvalue weighted by Gasteiger charge is 2.13. The molecule has 0 saturated carbocycles. The number of benzene rings is 1. The van der Waals surface area contributed by atoms with Crippen molar-refractivity contribution in [2.75, 3.05) is 0 Å². The average molecular weight is 270 g/mol. The summed E-state index contributed by atoms with van der Waals surface area (Å²) in [5.74, 6) is 0. The predicted molar refractivity (Wildman–Crippen MR) is 77.3 cm³/mol. The van der Waals surface area contributed by atoms with Crippen LogP contribution in [0.1, 0.15) is 22.4 Å². The van der Waals surface area contributed by atoms with Gasteiger partial charge in [0, 0.05) is 23.4 Å². The molecule has 0 aliphatic heterocycles. The molecule has 3 rings (SSSR count). The van der Waals surface area contributed by atoms with E-state index in [1.54, 1.807) is 17.5 Å². The highest BCUT2D eigenvalue weighted by atomic mass is 32.1. The number of hydrogen-bond donors (Lipinski definition) is 1. The third kappa shape index (κ3) is 2.50. The molecule has 1 aromatic carbocycles. The van der Waals surface area contributed by atoms with Gasteiger partial charge in [0.25, 0.3) is 0 Å². The number of nitrogens with zero attached hydrogens (tertiary/aromatic N) is 2. The summed E-state index contributed by atoms with van der Waals surface area (Å²) in [6, 6.07) is 9.73. The zero-order valence-corrected chi connectivity index (χ0v) is 11.4. The minimum absolute atomic E-state index is 0.540. The Morgan fingerprint density at radius 3 is 2.95 bits per heavy atom. The van der Waals surface area contributed by atoms with Crippen LogP contribution in [0.3, 0.4) is 0 Å². The standard InChI is InChI=1S/C15H14N2OS/c1-10-17-11(9-19-10)8-15(18)13-4-2-6-14-12(13)5-3-7-16-14/h2-7,9,15,18H,8H2,1H3. The van der Waals surface area contributed by atoms with E-state index in [1.807, 2.05) is 42.6 Å². The number of aliphatic hydroxyl groups is 1. The lowest BCUT2D eigenvalue weighted by Crippen LogP contribution is -2.03. The van der Waals surface area contributed by atoms with Crippen LogP contribution >= 0.6 is 11.3 Å². The van der Waals surface area contributed by atoms with Crippen molar-refractivity contribution in [2.24, 2.45) is 0 Å². The van der Waals surface area contributed by atoms with E-state index in [1.165, 1.54) is 0 Å². The molecule has 0 fully saturated rings. The molecule has 2 aromatic heterocycles. The van der Waals surface area contributed by atoms with E-state index in [2.05, 4.69) is 9.97 Å². The Labute approximate surface area is 115 Å². The van der Waals surface area contributed by atoms with Crippen molar-refractivity contribution in [1.29, 1.82) is 0 Å². The Bertz CT molecular complexity index is 703. The minimum atomic E-state index is -0.547. The average Bonchev–Trinajstić information content (AvgIpc) is 2.83. The normalized spacial score (nSPS) is 12.7. The number of pyridine rings is 1. The molecule has 1 N–H and O–H groups in total. The van der Waals surface area contributed by atoms with E-state index >= 15 is 0 Å². The third-order valence-electron chi connectivity index (χ3n) is 3.11. The fraction of sp³-hybridized carbons (Fsp3) is 0.200. The van der Waals surface area contributed by atoms with Crippen LogP contribution in [0, 0.1) is 6.92 Å². The molecule has 3 nitrogen and oxygen atoms in total. The quantitative estimate of drug-likeness (QED) is 0.794. The van der Waals surface area contributed by atoms with Crippen LogP contribution in [-0.2, 0) is 6.42 Å². The zero-order chi connectivity index (χ0) is 13.2. The van der Waals surface area contributed by atoms with Gasteiger partial charge in [-0.15, -0.1) is 11.3 Å². The number of aryl methyl sites for hydroxylation is 1. The lowest BCUT2D eigenvalue weighted by molar-refractivity contribution is 0.179. The van der Waals surface area contributed by atoms with Gasteiger partial charge in [-0.3, -0.25) is 4.98 Å². The number of hydrogen-bond acceptors (Lipinski definition) is 4. The summed E-state index contributed by atoms with van der Waals surface area (Å²) in [6.07, 6.45) is 1.76. The molecule has 0 bridgehead atoms. The number of fused-ring (bicyclic) bond motifs is 1. The summed E-state index contributed by atoms with van der Waals surface area (Å²) in [6.45, 7) is 1.97. The van der Waals surface area contributed by atoms with Crippen LogP contribution in [0.25, 0.3) is 10.9 Å². The molecular weight excluding hydrogens is 256 g/mol. The highest BCUT2D eigenvalue weighted by Crippen LogP contribution is 2.25. The van der Waals surface area contributed by atoms with E-state index < -0.39 is 6.10 Å². The molecule has 1 atom stereocenters. The molecule has 0 aliphatic rings. The Kier molecular flexibility index (Phi) is 3.27. The zero-order valence-electron chi connectivity index (χ0n) is 10.6. The van der Waals surface area contributed by atoms with Crippen LogP contribution < -0.4 is 0 Å². The molecule has 1 unspecified atom stereocenters. The van der Waals surface area contributed by atoms with Gasteiger partial charge in [0.2, 0.25) is 0 Å². The van der Waals surface area contributed by atoms with Crippen LogP contribution in [-0.4, -0.2) is 15.1 Å².